The Hall–Kier alpha value is -2.15. The average molecular weight is 265 g/mol. The van der Waals surface area contributed by atoms with Crippen molar-refractivity contribution < 1.29 is 14.5 Å². The van der Waals surface area contributed by atoms with Crippen molar-refractivity contribution in [3.05, 3.63) is 34.4 Å². The number of benzene rings is 1. The lowest BCUT2D eigenvalue weighted by Gasteiger charge is -2.11. The van der Waals surface area contributed by atoms with Crippen LogP contribution in [0.2, 0.25) is 0 Å². The van der Waals surface area contributed by atoms with Crippen LogP contribution in [0.5, 0.6) is 0 Å². The molecule has 1 aliphatic rings. The predicted molar refractivity (Wildman–Crippen MR) is 69.1 cm³/mol. The van der Waals surface area contributed by atoms with Gasteiger partial charge in [-0.1, -0.05) is 6.07 Å². The van der Waals surface area contributed by atoms with E-state index in [4.69, 9.17) is 4.74 Å². The Morgan fingerprint density at radius 1 is 1.58 bits per heavy atom. The van der Waals surface area contributed by atoms with Crippen LogP contribution in [-0.2, 0) is 4.74 Å². The van der Waals surface area contributed by atoms with Crippen LogP contribution in [0.15, 0.2) is 24.3 Å². The van der Waals surface area contributed by atoms with Crippen LogP contribution >= 0.6 is 0 Å². The molecule has 7 heteroatoms. The third-order valence-electron chi connectivity index (χ3n) is 2.88. The standard InChI is InChI=1S/C12H15N3O4/c16-12(19-8-10-4-2-6-13-10)14-9-3-1-5-11(7-9)15(17)18/h1,3,5,7,10,13H,2,4,6,8H2,(H,14,16). The molecule has 1 amide bonds. The van der Waals surface area contributed by atoms with Gasteiger partial charge in [0.2, 0.25) is 0 Å². The molecular formula is C12H15N3O4. The van der Waals surface area contributed by atoms with Gasteiger partial charge in [0.05, 0.1) is 10.6 Å². The number of nitrogens with one attached hydrogen (secondary N) is 2. The summed E-state index contributed by atoms with van der Waals surface area (Å²) < 4.78 is 5.05. The molecule has 1 aliphatic heterocycles. The van der Waals surface area contributed by atoms with Crippen LogP contribution in [0, 0.1) is 10.1 Å². The van der Waals surface area contributed by atoms with E-state index < -0.39 is 11.0 Å². The Morgan fingerprint density at radius 3 is 3.11 bits per heavy atom. The number of ether oxygens (including phenoxy) is 1. The van der Waals surface area contributed by atoms with E-state index in [1.165, 1.54) is 18.2 Å². The zero-order valence-corrected chi connectivity index (χ0v) is 10.3. The zero-order chi connectivity index (χ0) is 13.7. The van der Waals surface area contributed by atoms with Gasteiger partial charge < -0.3 is 10.1 Å². The zero-order valence-electron chi connectivity index (χ0n) is 10.3. The van der Waals surface area contributed by atoms with Gasteiger partial charge in [-0.05, 0) is 25.5 Å². The molecule has 0 bridgehead atoms. The fraction of sp³-hybridized carbons (Fsp3) is 0.417. The molecule has 0 aliphatic carbocycles. The van der Waals surface area contributed by atoms with Gasteiger partial charge in [0.25, 0.3) is 5.69 Å². The largest absolute Gasteiger partial charge is 0.448 e. The second-order valence-corrected chi connectivity index (χ2v) is 4.32. The SMILES string of the molecule is O=C(Nc1cccc([N+](=O)[O-])c1)OCC1CCCN1. The van der Waals surface area contributed by atoms with Crippen LogP contribution in [0.4, 0.5) is 16.2 Å². The maximum atomic E-state index is 11.5. The summed E-state index contributed by atoms with van der Waals surface area (Å²) in [7, 11) is 0. The number of nitro benzene ring substituents is 1. The summed E-state index contributed by atoms with van der Waals surface area (Å²) in [6.45, 7) is 1.25. The highest BCUT2D eigenvalue weighted by Crippen LogP contribution is 2.17. The summed E-state index contributed by atoms with van der Waals surface area (Å²) in [6, 6.07) is 5.93. The Kier molecular flexibility index (Phi) is 4.30. The lowest BCUT2D eigenvalue weighted by molar-refractivity contribution is -0.384. The molecule has 1 heterocycles. The number of anilines is 1. The second kappa shape index (κ2) is 6.14. The first-order valence-corrected chi connectivity index (χ1v) is 6.07. The number of rotatable bonds is 4. The first kappa shape index (κ1) is 13.3. The Balaban J connectivity index is 1.84. The number of amides is 1. The van der Waals surface area contributed by atoms with E-state index in [-0.39, 0.29) is 11.7 Å². The fourth-order valence-corrected chi connectivity index (χ4v) is 1.93. The molecule has 102 valence electrons. The van der Waals surface area contributed by atoms with E-state index in [1.807, 2.05) is 0 Å². The Morgan fingerprint density at radius 2 is 2.42 bits per heavy atom. The van der Waals surface area contributed by atoms with Gasteiger partial charge in [0.1, 0.15) is 6.61 Å². The number of hydrogen-bond acceptors (Lipinski definition) is 5. The van der Waals surface area contributed by atoms with Gasteiger partial charge in [0, 0.05) is 18.2 Å². The molecule has 1 atom stereocenters. The third kappa shape index (κ3) is 3.92. The molecule has 1 unspecified atom stereocenters. The Bertz CT molecular complexity index is 472. The second-order valence-electron chi connectivity index (χ2n) is 4.32. The fourth-order valence-electron chi connectivity index (χ4n) is 1.93. The highest BCUT2D eigenvalue weighted by atomic mass is 16.6. The van der Waals surface area contributed by atoms with Gasteiger partial charge in [-0.3, -0.25) is 15.4 Å². The summed E-state index contributed by atoms with van der Waals surface area (Å²) >= 11 is 0. The number of non-ortho nitro benzene ring substituents is 1. The maximum Gasteiger partial charge on any atom is 0.411 e. The molecule has 0 spiro atoms. The van der Waals surface area contributed by atoms with Crippen molar-refractivity contribution in [1.82, 2.24) is 5.32 Å². The lowest BCUT2D eigenvalue weighted by Crippen LogP contribution is -2.29. The number of hydrogen-bond donors (Lipinski definition) is 2. The summed E-state index contributed by atoms with van der Waals surface area (Å²) in [4.78, 5) is 21.6. The molecule has 19 heavy (non-hydrogen) atoms. The Labute approximate surface area is 110 Å². The van der Waals surface area contributed by atoms with Gasteiger partial charge in [0.15, 0.2) is 0 Å². The van der Waals surface area contributed by atoms with Gasteiger partial charge in [-0.2, -0.15) is 0 Å². The molecule has 1 aromatic carbocycles. The molecule has 1 saturated heterocycles. The third-order valence-corrected chi connectivity index (χ3v) is 2.88. The van der Waals surface area contributed by atoms with Crippen LogP contribution < -0.4 is 10.6 Å². The minimum absolute atomic E-state index is 0.0738. The first-order valence-electron chi connectivity index (χ1n) is 6.07. The van der Waals surface area contributed by atoms with Crippen molar-refractivity contribution in [3.8, 4) is 0 Å². The van der Waals surface area contributed by atoms with E-state index in [2.05, 4.69) is 10.6 Å². The smallest absolute Gasteiger partial charge is 0.411 e. The van der Waals surface area contributed by atoms with E-state index in [0.29, 0.717) is 12.3 Å². The summed E-state index contributed by atoms with van der Waals surface area (Å²) in [5.41, 5.74) is 0.272. The number of carbonyl (C=O) groups is 1. The van der Waals surface area contributed by atoms with E-state index in [0.717, 1.165) is 19.4 Å². The summed E-state index contributed by atoms with van der Waals surface area (Å²) in [6.07, 6.45) is 1.47. The van der Waals surface area contributed by atoms with E-state index in [9.17, 15) is 14.9 Å². The van der Waals surface area contributed by atoms with Crippen molar-refractivity contribution in [1.29, 1.82) is 0 Å². The predicted octanol–water partition coefficient (Wildman–Crippen LogP) is 1.90. The molecular weight excluding hydrogens is 250 g/mol. The van der Waals surface area contributed by atoms with Gasteiger partial charge >= 0.3 is 6.09 Å². The number of nitrogens with zero attached hydrogens (tertiary/aromatic N) is 1. The van der Waals surface area contributed by atoms with Crippen molar-refractivity contribution in [2.45, 2.75) is 18.9 Å². The molecule has 0 aromatic heterocycles. The molecule has 1 fully saturated rings. The number of nitro groups is 1. The maximum absolute atomic E-state index is 11.5. The minimum atomic E-state index is -0.603. The summed E-state index contributed by atoms with van der Waals surface area (Å²) in [5, 5.41) is 16.3. The molecule has 1 aromatic rings. The molecule has 0 saturated carbocycles. The average Bonchev–Trinajstić information content (AvgIpc) is 2.90. The first-order chi connectivity index (χ1) is 9.15. The molecule has 0 radical (unpaired) electrons. The van der Waals surface area contributed by atoms with Gasteiger partial charge in [-0.25, -0.2) is 4.79 Å². The topological polar surface area (TPSA) is 93.5 Å². The molecule has 2 rings (SSSR count). The van der Waals surface area contributed by atoms with Crippen LogP contribution in [0.1, 0.15) is 12.8 Å². The van der Waals surface area contributed by atoms with Crippen LogP contribution in [-0.4, -0.2) is 30.2 Å². The lowest BCUT2D eigenvalue weighted by atomic mass is 10.2. The van der Waals surface area contributed by atoms with Crippen molar-refractivity contribution >= 4 is 17.5 Å². The summed E-state index contributed by atoms with van der Waals surface area (Å²) in [5.74, 6) is 0. The van der Waals surface area contributed by atoms with Gasteiger partial charge in [-0.15, -0.1) is 0 Å². The van der Waals surface area contributed by atoms with E-state index in [1.54, 1.807) is 6.07 Å². The van der Waals surface area contributed by atoms with Crippen molar-refractivity contribution in [2.24, 2.45) is 0 Å². The normalized spacial score (nSPS) is 18.0. The van der Waals surface area contributed by atoms with Crippen molar-refractivity contribution in [2.75, 3.05) is 18.5 Å². The van der Waals surface area contributed by atoms with Crippen molar-refractivity contribution in [3.63, 3.8) is 0 Å². The molecule has 2 N–H and O–H groups in total. The highest BCUT2D eigenvalue weighted by molar-refractivity contribution is 5.85. The van der Waals surface area contributed by atoms with Crippen LogP contribution in [0.25, 0.3) is 0 Å². The monoisotopic (exact) mass is 265 g/mol. The highest BCUT2D eigenvalue weighted by Gasteiger charge is 2.16. The minimum Gasteiger partial charge on any atom is -0.448 e. The number of carbonyl (C=O) groups excluding carboxylic acids is 1. The molecule has 7 nitrogen and oxygen atoms in total. The van der Waals surface area contributed by atoms with E-state index >= 15 is 0 Å². The van der Waals surface area contributed by atoms with Crippen LogP contribution in [0.3, 0.4) is 0 Å². The quantitative estimate of drug-likeness (QED) is 0.640.